The molecule has 0 aliphatic rings. The van der Waals surface area contributed by atoms with Crippen LogP contribution in [0.2, 0.25) is 0 Å². The van der Waals surface area contributed by atoms with E-state index in [4.69, 9.17) is 9.47 Å². The van der Waals surface area contributed by atoms with E-state index in [-0.39, 0.29) is 0 Å². The van der Waals surface area contributed by atoms with Crippen LogP contribution in [-0.2, 0) is 0 Å². The van der Waals surface area contributed by atoms with Gasteiger partial charge in [-0.2, -0.15) is 0 Å². The second-order valence-corrected chi connectivity index (χ2v) is 4.86. The smallest absolute Gasteiger partial charge is 0.126 e. The van der Waals surface area contributed by atoms with Crippen molar-refractivity contribution in [2.45, 2.75) is 0 Å². The molecule has 0 atom stereocenters. The predicted octanol–water partition coefficient (Wildman–Crippen LogP) is 4.61. The lowest BCUT2D eigenvalue weighted by Gasteiger charge is -2.07. The minimum Gasteiger partial charge on any atom is -0.497 e. The molecule has 0 heterocycles. The quantitative estimate of drug-likeness (QED) is 0.657. The van der Waals surface area contributed by atoms with Crippen LogP contribution < -0.4 is 9.47 Å². The van der Waals surface area contributed by atoms with Crippen LogP contribution in [0.4, 0.5) is 5.69 Å². The van der Waals surface area contributed by atoms with Gasteiger partial charge in [0.05, 0.1) is 19.9 Å². The fraction of sp³-hybridized carbons (Fsp3) is 0.105. The summed E-state index contributed by atoms with van der Waals surface area (Å²) in [6, 6.07) is 19.8. The number of hydrogen-bond donors (Lipinski definition) is 0. The normalized spacial score (nSPS) is 11.0. The van der Waals surface area contributed by atoms with Gasteiger partial charge in [-0.1, -0.05) is 24.3 Å². The van der Waals surface area contributed by atoms with Crippen LogP contribution in [0.15, 0.2) is 65.7 Å². The van der Waals surface area contributed by atoms with Crippen molar-refractivity contribution in [3.63, 3.8) is 0 Å². The van der Waals surface area contributed by atoms with Gasteiger partial charge < -0.3 is 9.47 Å². The predicted molar refractivity (Wildman–Crippen MR) is 90.7 cm³/mol. The summed E-state index contributed by atoms with van der Waals surface area (Å²) in [5.41, 5.74) is 1.95. The van der Waals surface area contributed by atoms with E-state index in [1.165, 1.54) is 0 Å². The zero-order chi connectivity index (χ0) is 15.4. The zero-order valence-electron chi connectivity index (χ0n) is 12.6. The minimum absolute atomic E-state index is 0.840. The van der Waals surface area contributed by atoms with Crippen LogP contribution in [0.1, 0.15) is 5.56 Å². The molecule has 0 radical (unpaired) electrons. The minimum atomic E-state index is 0.840. The molecule has 0 fully saturated rings. The maximum absolute atomic E-state index is 5.40. The lowest BCUT2D eigenvalue weighted by molar-refractivity contribution is 0.415. The highest BCUT2D eigenvalue weighted by Crippen LogP contribution is 2.32. The van der Waals surface area contributed by atoms with E-state index in [1.807, 2.05) is 60.8 Å². The van der Waals surface area contributed by atoms with E-state index in [0.717, 1.165) is 33.5 Å². The molecule has 0 amide bonds. The third-order valence-corrected chi connectivity index (χ3v) is 3.55. The Hall–Kier alpha value is -2.81. The van der Waals surface area contributed by atoms with Crippen molar-refractivity contribution in [2.75, 3.05) is 14.2 Å². The topological polar surface area (TPSA) is 30.8 Å². The molecular formula is C19H17NO2. The highest BCUT2D eigenvalue weighted by molar-refractivity contribution is 5.98. The third kappa shape index (κ3) is 2.79. The van der Waals surface area contributed by atoms with Crippen molar-refractivity contribution in [3.8, 4) is 11.5 Å². The molecule has 3 aromatic rings. The Kier molecular flexibility index (Phi) is 4.05. The Labute approximate surface area is 129 Å². The summed E-state index contributed by atoms with van der Waals surface area (Å²) in [7, 11) is 3.34. The Bertz CT molecular complexity index is 807. The van der Waals surface area contributed by atoms with Crippen LogP contribution in [0.3, 0.4) is 0 Å². The first-order valence-electron chi connectivity index (χ1n) is 7.05. The molecule has 0 aliphatic carbocycles. The Balaban J connectivity index is 1.98. The number of hydrogen-bond acceptors (Lipinski definition) is 3. The molecule has 3 rings (SSSR count). The highest BCUT2D eigenvalue weighted by atomic mass is 16.5. The first-order valence-corrected chi connectivity index (χ1v) is 7.05. The van der Waals surface area contributed by atoms with E-state index in [1.54, 1.807) is 14.2 Å². The van der Waals surface area contributed by atoms with E-state index in [2.05, 4.69) is 11.1 Å². The Morgan fingerprint density at radius 3 is 2.18 bits per heavy atom. The maximum atomic E-state index is 5.40. The number of ether oxygens (including phenoxy) is 2. The molecule has 0 aliphatic heterocycles. The molecule has 0 saturated heterocycles. The summed E-state index contributed by atoms with van der Waals surface area (Å²) in [4.78, 5) is 4.61. The van der Waals surface area contributed by atoms with Gasteiger partial charge in [-0.15, -0.1) is 0 Å². The van der Waals surface area contributed by atoms with E-state index in [9.17, 15) is 0 Å². The zero-order valence-corrected chi connectivity index (χ0v) is 12.6. The van der Waals surface area contributed by atoms with Gasteiger partial charge in [0.15, 0.2) is 0 Å². The van der Waals surface area contributed by atoms with Crippen molar-refractivity contribution >= 4 is 22.7 Å². The second kappa shape index (κ2) is 6.31. The van der Waals surface area contributed by atoms with Crippen LogP contribution in [0.5, 0.6) is 11.5 Å². The highest BCUT2D eigenvalue weighted by Gasteiger charge is 2.04. The number of nitrogens with zero attached hydrogens (tertiary/aromatic N) is 1. The standard InChI is InChI=1S/C19H17NO2/c1-21-15-9-7-14(8-10-15)13-20-18-11-12-19(22-2)17-6-4-3-5-16(17)18/h3-13H,1-2H3. The molecule has 0 N–H and O–H groups in total. The van der Waals surface area contributed by atoms with Crippen LogP contribution >= 0.6 is 0 Å². The first kappa shape index (κ1) is 14.1. The third-order valence-electron chi connectivity index (χ3n) is 3.55. The maximum Gasteiger partial charge on any atom is 0.126 e. The number of benzene rings is 3. The number of rotatable bonds is 4. The molecule has 0 spiro atoms. The fourth-order valence-corrected chi connectivity index (χ4v) is 2.38. The van der Waals surface area contributed by atoms with Crippen LogP contribution in [0.25, 0.3) is 10.8 Å². The summed E-state index contributed by atoms with van der Waals surface area (Å²) < 4.78 is 10.6. The molecule has 3 heteroatoms. The van der Waals surface area contributed by atoms with Gasteiger partial charge in [0, 0.05) is 17.0 Å². The molecule has 22 heavy (non-hydrogen) atoms. The molecular weight excluding hydrogens is 274 g/mol. The van der Waals surface area contributed by atoms with Crippen LogP contribution in [-0.4, -0.2) is 20.4 Å². The number of fused-ring (bicyclic) bond motifs is 1. The molecule has 110 valence electrons. The summed E-state index contributed by atoms with van der Waals surface area (Å²) in [5.74, 6) is 1.70. The summed E-state index contributed by atoms with van der Waals surface area (Å²) in [5, 5.41) is 2.14. The van der Waals surface area contributed by atoms with Gasteiger partial charge in [-0.25, -0.2) is 0 Å². The van der Waals surface area contributed by atoms with Gasteiger partial charge in [0.25, 0.3) is 0 Å². The molecule has 3 aromatic carbocycles. The Morgan fingerprint density at radius 2 is 1.50 bits per heavy atom. The molecule has 0 unspecified atom stereocenters. The van der Waals surface area contributed by atoms with Crippen LogP contribution in [0, 0.1) is 0 Å². The van der Waals surface area contributed by atoms with E-state index >= 15 is 0 Å². The summed E-state index contributed by atoms with van der Waals surface area (Å²) in [6.45, 7) is 0. The molecule has 0 saturated carbocycles. The summed E-state index contributed by atoms with van der Waals surface area (Å²) >= 11 is 0. The van der Waals surface area contributed by atoms with E-state index < -0.39 is 0 Å². The van der Waals surface area contributed by atoms with Crippen molar-refractivity contribution < 1.29 is 9.47 Å². The van der Waals surface area contributed by atoms with Gasteiger partial charge >= 0.3 is 0 Å². The van der Waals surface area contributed by atoms with Crippen molar-refractivity contribution in [1.82, 2.24) is 0 Å². The number of aliphatic imine (C=N–C) groups is 1. The van der Waals surface area contributed by atoms with Crippen molar-refractivity contribution in [2.24, 2.45) is 4.99 Å². The SMILES string of the molecule is COc1ccc(C=Nc2ccc(OC)c3ccccc23)cc1. The average Bonchev–Trinajstić information content (AvgIpc) is 2.60. The van der Waals surface area contributed by atoms with E-state index in [0.29, 0.717) is 0 Å². The average molecular weight is 291 g/mol. The van der Waals surface area contributed by atoms with Gasteiger partial charge in [-0.3, -0.25) is 4.99 Å². The monoisotopic (exact) mass is 291 g/mol. The van der Waals surface area contributed by atoms with Gasteiger partial charge in [0.2, 0.25) is 0 Å². The largest absolute Gasteiger partial charge is 0.497 e. The molecule has 3 nitrogen and oxygen atoms in total. The summed E-state index contributed by atoms with van der Waals surface area (Å²) in [6.07, 6.45) is 1.85. The molecule has 0 aromatic heterocycles. The molecule has 0 bridgehead atoms. The lowest BCUT2D eigenvalue weighted by Crippen LogP contribution is -1.86. The number of methoxy groups -OCH3 is 2. The van der Waals surface area contributed by atoms with Crippen molar-refractivity contribution in [3.05, 3.63) is 66.2 Å². The second-order valence-electron chi connectivity index (χ2n) is 4.86. The van der Waals surface area contributed by atoms with Gasteiger partial charge in [-0.05, 0) is 42.0 Å². The first-order chi connectivity index (χ1) is 10.8. The lowest BCUT2D eigenvalue weighted by atomic mass is 10.1. The van der Waals surface area contributed by atoms with Crippen molar-refractivity contribution in [1.29, 1.82) is 0 Å². The Morgan fingerprint density at radius 1 is 0.773 bits per heavy atom. The fourth-order valence-electron chi connectivity index (χ4n) is 2.38. The van der Waals surface area contributed by atoms with Gasteiger partial charge in [0.1, 0.15) is 11.5 Å².